The molecular formula is C32H20N6S2. The van der Waals surface area contributed by atoms with E-state index in [2.05, 4.69) is 56.3 Å². The van der Waals surface area contributed by atoms with Crippen LogP contribution in [-0.4, -0.2) is 29.9 Å². The third-order valence-electron chi connectivity index (χ3n) is 6.33. The standard InChI is InChI=1S/C32H20N6S2/c1-3-10-35-27(8-1)23-13-25(17-33-15-23)31-37-19-29(39-31)21-6-5-7-22(12-21)30-20-38-32(40-30)26-14-24(16-34-18-26)28-9-2-4-11-36-28/h1-20H. The van der Waals surface area contributed by atoms with Crippen LogP contribution in [0, 0.1) is 0 Å². The predicted octanol–water partition coefficient (Wildman–Crippen LogP) is 8.18. The van der Waals surface area contributed by atoms with Gasteiger partial charge in [0.1, 0.15) is 10.0 Å². The number of rotatable bonds is 6. The average molecular weight is 553 g/mol. The predicted molar refractivity (Wildman–Crippen MR) is 162 cm³/mol. The number of hydrogen-bond donors (Lipinski definition) is 0. The van der Waals surface area contributed by atoms with Gasteiger partial charge >= 0.3 is 0 Å². The molecule has 1 aromatic carbocycles. The van der Waals surface area contributed by atoms with Crippen LogP contribution in [0.1, 0.15) is 0 Å². The molecule has 6 aromatic heterocycles. The minimum absolute atomic E-state index is 0.893. The lowest BCUT2D eigenvalue weighted by Crippen LogP contribution is -1.85. The Balaban J connectivity index is 1.15. The van der Waals surface area contributed by atoms with Gasteiger partial charge in [-0.2, -0.15) is 0 Å². The highest BCUT2D eigenvalue weighted by Crippen LogP contribution is 2.37. The van der Waals surface area contributed by atoms with Crippen molar-refractivity contribution in [3.8, 4) is 64.5 Å². The van der Waals surface area contributed by atoms with Crippen molar-refractivity contribution in [2.45, 2.75) is 0 Å². The molecule has 0 unspecified atom stereocenters. The van der Waals surface area contributed by atoms with Crippen molar-refractivity contribution in [2.75, 3.05) is 0 Å². The first-order chi connectivity index (χ1) is 19.8. The van der Waals surface area contributed by atoms with Crippen molar-refractivity contribution < 1.29 is 0 Å². The Hall–Kier alpha value is -4.92. The van der Waals surface area contributed by atoms with Crippen LogP contribution >= 0.6 is 22.7 Å². The Morgan fingerprint density at radius 3 is 1.35 bits per heavy atom. The molecule has 0 aliphatic heterocycles. The Morgan fingerprint density at radius 1 is 0.400 bits per heavy atom. The molecule has 0 saturated heterocycles. The van der Waals surface area contributed by atoms with Crippen LogP contribution in [0.15, 0.2) is 122 Å². The van der Waals surface area contributed by atoms with Gasteiger partial charge in [-0.25, -0.2) is 9.97 Å². The van der Waals surface area contributed by atoms with Gasteiger partial charge in [-0.05, 0) is 53.6 Å². The zero-order chi connectivity index (χ0) is 26.7. The summed E-state index contributed by atoms with van der Waals surface area (Å²) in [7, 11) is 0. The van der Waals surface area contributed by atoms with Gasteiger partial charge in [-0.1, -0.05) is 30.3 Å². The Kier molecular flexibility index (Phi) is 6.45. The van der Waals surface area contributed by atoms with E-state index in [1.807, 2.05) is 73.6 Å². The molecule has 190 valence electrons. The van der Waals surface area contributed by atoms with Crippen LogP contribution in [0.25, 0.3) is 64.5 Å². The first-order valence-electron chi connectivity index (χ1n) is 12.6. The lowest BCUT2D eigenvalue weighted by molar-refractivity contribution is 1.27. The number of pyridine rings is 4. The second-order valence-corrected chi connectivity index (χ2v) is 11.1. The minimum atomic E-state index is 0.893. The first-order valence-corrected chi connectivity index (χ1v) is 14.2. The summed E-state index contributed by atoms with van der Waals surface area (Å²) < 4.78 is 0. The molecule has 0 spiro atoms. The van der Waals surface area contributed by atoms with E-state index in [0.717, 1.165) is 64.5 Å². The fourth-order valence-corrected chi connectivity index (χ4v) is 6.16. The van der Waals surface area contributed by atoms with E-state index in [4.69, 9.17) is 9.97 Å². The van der Waals surface area contributed by atoms with Crippen molar-refractivity contribution in [3.05, 3.63) is 122 Å². The molecule has 7 rings (SSSR count). The summed E-state index contributed by atoms with van der Waals surface area (Å²) in [6, 6.07) is 24.4. The molecule has 0 N–H and O–H groups in total. The largest absolute Gasteiger partial charge is 0.263 e. The van der Waals surface area contributed by atoms with E-state index in [9.17, 15) is 0 Å². The van der Waals surface area contributed by atoms with Crippen molar-refractivity contribution in [3.63, 3.8) is 0 Å². The van der Waals surface area contributed by atoms with Crippen molar-refractivity contribution in [1.82, 2.24) is 29.9 Å². The molecule has 0 saturated carbocycles. The molecular weight excluding hydrogens is 533 g/mol. The van der Waals surface area contributed by atoms with E-state index in [1.165, 1.54) is 0 Å². The number of nitrogens with zero attached hydrogens (tertiary/aromatic N) is 6. The lowest BCUT2D eigenvalue weighted by atomic mass is 10.1. The lowest BCUT2D eigenvalue weighted by Gasteiger charge is -2.03. The Labute approximate surface area is 238 Å². The highest BCUT2D eigenvalue weighted by molar-refractivity contribution is 7.18. The number of benzene rings is 1. The smallest absolute Gasteiger partial charge is 0.125 e. The quantitative estimate of drug-likeness (QED) is 0.207. The van der Waals surface area contributed by atoms with Gasteiger partial charge in [0.15, 0.2) is 0 Å². The SMILES string of the molecule is c1ccc(-c2cncc(-c3ncc(-c4cccc(-c5cnc(-c6cncc(-c7ccccn7)c6)s5)c4)s3)c2)nc1. The Morgan fingerprint density at radius 2 is 0.875 bits per heavy atom. The summed E-state index contributed by atoms with van der Waals surface area (Å²) in [5.41, 5.74) is 7.91. The zero-order valence-electron chi connectivity index (χ0n) is 21.0. The Bertz CT molecular complexity index is 1780. The van der Waals surface area contributed by atoms with Crippen LogP contribution in [0.4, 0.5) is 0 Å². The van der Waals surface area contributed by atoms with Gasteiger partial charge in [0, 0.05) is 71.8 Å². The van der Waals surface area contributed by atoms with Gasteiger partial charge < -0.3 is 0 Å². The van der Waals surface area contributed by atoms with Crippen molar-refractivity contribution >= 4 is 22.7 Å². The molecule has 6 nitrogen and oxygen atoms in total. The molecule has 0 amide bonds. The maximum Gasteiger partial charge on any atom is 0.125 e. The van der Waals surface area contributed by atoms with E-state index >= 15 is 0 Å². The second kappa shape index (κ2) is 10.7. The van der Waals surface area contributed by atoms with Crippen LogP contribution in [0.3, 0.4) is 0 Å². The first kappa shape index (κ1) is 24.1. The molecule has 0 bridgehead atoms. The number of aromatic nitrogens is 6. The van der Waals surface area contributed by atoms with Crippen molar-refractivity contribution in [2.24, 2.45) is 0 Å². The molecule has 0 aliphatic rings. The summed E-state index contributed by atoms with van der Waals surface area (Å²) in [6.07, 6.45) is 14.8. The van der Waals surface area contributed by atoms with Gasteiger partial charge in [0.2, 0.25) is 0 Å². The van der Waals surface area contributed by atoms with Gasteiger partial charge in [0.25, 0.3) is 0 Å². The van der Waals surface area contributed by atoms with E-state index in [1.54, 1.807) is 35.1 Å². The van der Waals surface area contributed by atoms with Crippen LogP contribution in [0.5, 0.6) is 0 Å². The molecule has 0 atom stereocenters. The zero-order valence-corrected chi connectivity index (χ0v) is 22.7. The fourth-order valence-electron chi connectivity index (χ4n) is 4.37. The monoisotopic (exact) mass is 552 g/mol. The van der Waals surface area contributed by atoms with Gasteiger partial charge in [-0.15, -0.1) is 22.7 Å². The molecule has 0 aliphatic carbocycles. The number of hydrogen-bond acceptors (Lipinski definition) is 8. The van der Waals surface area contributed by atoms with E-state index < -0.39 is 0 Å². The normalized spacial score (nSPS) is 11.0. The highest BCUT2D eigenvalue weighted by atomic mass is 32.1. The van der Waals surface area contributed by atoms with Crippen LogP contribution < -0.4 is 0 Å². The summed E-state index contributed by atoms with van der Waals surface area (Å²) >= 11 is 3.30. The molecule has 8 heteroatoms. The molecule has 40 heavy (non-hydrogen) atoms. The molecule has 6 heterocycles. The average Bonchev–Trinajstić information content (AvgIpc) is 3.74. The summed E-state index contributed by atoms with van der Waals surface area (Å²) in [6.45, 7) is 0. The van der Waals surface area contributed by atoms with Crippen LogP contribution in [0.2, 0.25) is 0 Å². The van der Waals surface area contributed by atoms with Gasteiger partial charge in [-0.3, -0.25) is 19.9 Å². The maximum absolute atomic E-state index is 4.71. The second-order valence-electron chi connectivity index (χ2n) is 8.99. The number of thiazole rings is 2. The van der Waals surface area contributed by atoms with Crippen LogP contribution in [-0.2, 0) is 0 Å². The highest BCUT2D eigenvalue weighted by Gasteiger charge is 2.12. The third kappa shape index (κ3) is 4.93. The summed E-state index contributed by atoms with van der Waals surface area (Å²) in [5.74, 6) is 0. The van der Waals surface area contributed by atoms with Crippen molar-refractivity contribution in [1.29, 1.82) is 0 Å². The van der Waals surface area contributed by atoms with E-state index in [0.29, 0.717) is 0 Å². The van der Waals surface area contributed by atoms with E-state index in [-0.39, 0.29) is 0 Å². The van der Waals surface area contributed by atoms with Gasteiger partial charge in [0.05, 0.1) is 21.1 Å². The fraction of sp³-hybridized carbons (Fsp3) is 0. The molecule has 0 radical (unpaired) electrons. The molecule has 7 aromatic rings. The topological polar surface area (TPSA) is 77.3 Å². The summed E-state index contributed by atoms with van der Waals surface area (Å²) in [5, 5.41) is 1.84. The summed E-state index contributed by atoms with van der Waals surface area (Å²) in [4.78, 5) is 29.4. The molecule has 0 fully saturated rings. The maximum atomic E-state index is 4.71. The minimum Gasteiger partial charge on any atom is -0.263 e. The third-order valence-corrected chi connectivity index (χ3v) is 8.53.